The summed E-state index contributed by atoms with van der Waals surface area (Å²) in [5.74, 6) is 0. The van der Waals surface area contributed by atoms with Crippen molar-refractivity contribution in [2.24, 2.45) is 0 Å². The molecule has 0 amide bonds. The van der Waals surface area contributed by atoms with Crippen LogP contribution in [0.4, 0.5) is 4.39 Å². The molecule has 0 unspecified atom stereocenters. The molecule has 0 fully saturated rings. The zero-order valence-corrected chi connectivity index (χ0v) is 8.34. The summed E-state index contributed by atoms with van der Waals surface area (Å²) < 4.78 is 12.3. The van der Waals surface area contributed by atoms with Crippen LogP contribution in [0.3, 0.4) is 0 Å². The summed E-state index contributed by atoms with van der Waals surface area (Å²) in [7, 11) is 0. The van der Waals surface area contributed by atoms with Crippen LogP contribution in [-0.2, 0) is 6.67 Å². The number of aromatic nitrogens is 2. The molecule has 1 aromatic heterocycles. The molecule has 0 N–H and O–H groups in total. The molecule has 0 aliphatic rings. The summed E-state index contributed by atoms with van der Waals surface area (Å²) in [6.07, 6.45) is 1.82. The number of rotatable bonds is 2. The highest BCUT2D eigenvalue weighted by Crippen LogP contribution is 2.19. The van der Waals surface area contributed by atoms with E-state index in [0.717, 1.165) is 0 Å². The predicted molar refractivity (Wildman–Crippen MR) is 48.4 cm³/mol. The van der Waals surface area contributed by atoms with E-state index in [-0.39, 0.29) is 0 Å². The van der Waals surface area contributed by atoms with Crippen molar-refractivity contribution in [3.63, 3.8) is 0 Å². The molecule has 0 bridgehead atoms. The summed E-state index contributed by atoms with van der Waals surface area (Å²) >= 11 is 7.09. The largest absolute Gasteiger partial charge is 0.244 e. The second-order valence-corrected chi connectivity index (χ2v) is 3.34. The lowest BCUT2D eigenvalue weighted by atomic mass is 10.3. The fraction of sp³-hybridized carbons (Fsp3) is 0.429. The van der Waals surface area contributed by atoms with E-state index in [2.05, 4.69) is 9.97 Å². The second-order valence-electron chi connectivity index (χ2n) is 2.21. The number of alkyl halides is 1. The van der Waals surface area contributed by atoms with E-state index >= 15 is 0 Å². The van der Waals surface area contributed by atoms with Gasteiger partial charge in [-0.15, -0.1) is 0 Å². The Hall–Kier alpha value is -0.350. The standard InChI is InChI=1S/C7H8ClFN2S/c1-4-5(3-9)10-7(12-2)11-6(4)8/h3H2,1-2H3. The molecule has 5 heteroatoms. The molecule has 1 heterocycles. The molecule has 12 heavy (non-hydrogen) atoms. The van der Waals surface area contributed by atoms with Gasteiger partial charge in [0, 0.05) is 5.56 Å². The third kappa shape index (κ3) is 1.87. The molecule has 66 valence electrons. The minimum atomic E-state index is -0.596. The molecule has 0 atom stereocenters. The van der Waals surface area contributed by atoms with Gasteiger partial charge in [0.15, 0.2) is 5.16 Å². The Kier molecular flexibility index (Phi) is 3.29. The SMILES string of the molecule is CSc1nc(Cl)c(C)c(CF)n1. The number of thioether (sulfide) groups is 1. The number of hydrogen-bond acceptors (Lipinski definition) is 3. The van der Waals surface area contributed by atoms with Gasteiger partial charge in [-0.05, 0) is 13.2 Å². The van der Waals surface area contributed by atoms with Crippen molar-refractivity contribution < 1.29 is 4.39 Å². The smallest absolute Gasteiger partial charge is 0.189 e. The molecule has 0 radical (unpaired) electrons. The topological polar surface area (TPSA) is 25.8 Å². The lowest BCUT2D eigenvalue weighted by Crippen LogP contribution is -1.97. The Morgan fingerprint density at radius 2 is 2.17 bits per heavy atom. The first kappa shape index (κ1) is 9.74. The molecule has 1 rings (SSSR count). The van der Waals surface area contributed by atoms with Gasteiger partial charge in [-0.2, -0.15) is 0 Å². The maximum atomic E-state index is 12.3. The first-order chi connectivity index (χ1) is 5.69. The Bertz CT molecular complexity index is 293. The van der Waals surface area contributed by atoms with Crippen LogP contribution in [0.1, 0.15) is 11.3 Å². The third-order valence-corrected chi connectivity index (χ3v) is 2.39. The Morgan fingerprint density at radius 3 is 2.67 bits per heavy atom. The van der Waals surface area contributed by atoms with Crippen LogP contribution in [0, 0.1) is 6.92 Å². The first-order valence-electron chi connectivity index (χ1n) is 3.32. The van der Waals surface area contributed by atoms with Gasteiger partial charge in [0.25, 0.3) is 0 Å². The van der Waals surface area contributed by atoms with Gasteiger partial charge < -0.3 is 0 Å². The maximum absolute atomic E-state index is 12.3. The molecule has 1 aromatic rings. The molecule has 0 saturated carbocycles. The highest BCUT2D eigenvalue weighted by atomic mass is 35.5. The van der Waals surface area contributed by atoms with Crippen molar-refractivity contribution in [2.45, 2.75) is 18.8 Å². The van der Waals surface area contributed by atoms with E-state index < -0.39 is 6.67 Å². The van der Waals surface area contributed by atoms with Gasteiger partial charge in [-0.1, -0.05) is 23.4 Å². The van der Waals surface area contributed by atoms with Crippen LogP contribution in [0.2, 0.25) is 5.15 Å². The van der Waals surface area contributed by atoms with Crippen LogP contribution in [0.25, 0.3) is 0 Å². The minimum Gasteiger partial charge on any atom is -0.244 e. The fourth-order valence-corrected chi connectivity index (χ4v) is 1.36. The van der Waals surface area contributed by atoms with Crippen molar-refractivity contribution in [2.75, 3.05) is 6.26 Å². The molecular formula is C7H8ClFN2S. The van der Waals surface area contributed by atoms with Crippen molar-refractivity contribution in [1.82, 2.24) is 9.97 Å². The number of hydrogen-bond donors (Lipinski definition) is 0. The van der Waals surface area contributed by atoms with Crippen LogP contribution in [0.15, 0.2) is 5.16 Å². The van der Waals surface area contributed by atoms with Crippen LogP contribution in [0.5, 0.6) is 0 Å². The molecule has 2 nitrogen and oxygen atoms in total. The van der Waals surface area contributed by atoms with E-state index in [1.54, 1.807) is 6.92 Å². The fourth-order valence-electron chi connectivity index (χ4n) is 0.733. The molecular weight excluding hydrogens is 199 g/mol. The first-order valence-corrected chi connectivity index (χ1v) is 4.92. The van der Waals surface area contributed by atoms with E-state index in [1.165, 1.54) is 11.8 Å². The number of nitrogens with zero attached hydrogens (tertiary/aromatic N) is 2. The quantitative estimate of drug-likeness (QED) is 0.423. The highest BCUT2D eigenvalue weighted by molar-refractivity contribution is 7.98. The zero-order valence-electron chi connectivity index (χ0n) is 6.77. The Labute approximate surface area is 79.6 Å². The summed E-state index contributed by atoms with van der Waals surface area (Å²) in [5.41, 5.74) is 0.997. The molecule has 0 aliphatic heterocycles. The van der Waals surface area contributed by atoms with Crippen molar-refractivity contribution in [3.05, 3.63) is 16.4 Å². The van der Waals surface area contributed by atoms with Crippen LogP contribution < -0.4 is 0 Å². The van der Waals surface area contributed by atoms with E-state index in [9.17, 15) is 4.39 Å². The second kappa shape index (κ2) is 4.05. The lowest BCUT2D eigenvalue weighted by molar-refractivity contribution is 0.470. The zero-order chi connectivity index (χ0) is 9.14. The van der Waals surface area contributed by atoms with Gasteiger partial charge in [0.05, 0.1) is 5.69 Å². The van der Waals surface area contributed by atoms with E-state index in [4.69, 9.17) is 11.6 Å². The Balaban J connectivity index is 3.19. The summed E-state index contributed by atoms with van der Waals surface area (Å²) in [6.45, 7) is 1.11. The van der Waals surface area contributed by atoms with Gasteiger partial charge in [0.2, 0.25) is 0 Å². The lowest BCUT2D eigenvalue weighted by Gasteiger charge is -2.03. The van der Waals surface area contributed by atoms with Gasteiger partial charge in [-0.3, -0.25) is 0 Å². The Morgan fingerprint density at radius 1 is 1.50 bits per heavy atom. The van der Waals surface area contributed by atoms with E-state index in [1.807, 2.05) is 6.26 Å². The highest BCUT2D eigenvalue weighted by Gasteiger charge is 2.07. The molecule has 0 saturated heterocycles. The van der Waals surface area contributed by atoms with Gasteiger partial charge >= 0.3 is 0 Å². The average molecular weight is 207 g/mol. The van der Waals surface area contributed by atoms with Crippen molar-refractivity contribution in [3.8, 4) is 0 Å². The monoisotopic (exact) mass is 206 g/mol. The minimum absolute atomic E-state index is 0.335. The third-order valence-electron chi connectivity index (χ3n) is 1.48. The van der Waals surface area contributed by atoms with Crippen molar-refractivity contribution in [1.29, 1.82) is 0 Å². The predicted octanol–water partition coefficient (Wildman–Crippen LogP) is 2.63. The molecule has 0 spiro atoms. The normalized spacial score (nSPS) is 10.3. The van der Waals surface area contributed by atoms with E-state index in [0.29, 0.717) is 21.6 Å². The van der Waals surface area contributed by atoms with Gasteiger partial charge in [0.1, 0.15) is 11.8 Å². The maximum Gasteiger partial charge on any atom is 0.189 e. The summed E-state index contributed by atoms with van der Waals surface area (Å²) in [6, 6.07) is 0. The van der Waals surface area contributed by atoms with Crippen LogP contribution in [-0.4, -0.2) is 16.2 Å². The summed E-state index contributed by atoms with van der Waals surface area (Å²) in [4.78, 5) is 7.91. The number of halogens is 2. The average Bonchev–Trinajstić information content (AvgIpc) is 2.09. The van der Waals surface area contributed by atoms with Crippen molar-refractivity contribution >= 4 is 23.4 Å². The molecule has 0 aromatic carbocycles. The van der Waals surface area contributed by atoms with Gasteiger partial charge in [-0.25, -0.2) is 14.4 Å². The van der Waals surface area contributed by atoms with Crippen LogP contribution >= 0.6 is 23.4 Å². The molecule has 0 aliphatic carbocycles. The summed E-state index contributed by atoms with van der Waals surface area (Å²) in [5, 5.41) is 0.847.